The van der Waals surface area contributed by atoms with E-state index in [-0.39, 0.29) is 37.4 Å². The van der Waals surface area contributed by atoms with E-state index >= 15 is 0 Å². The number of piperidine rings is 1. The maximum Gasteiger partial charge on any atom is 0.410 e. The highest BCUT2D eigenvalue weighted by Crippen LogP contribution is 2.28. The van der Waals surface area contributed by atoms with Crippen LogP contribution >= 0.6 is 0 Å². The fourth-order valence-electron chi connectivity index (χ4n) is 5.94. The van der Waals surface area contributed by atoms with E-state index in [1.54, 1.807) is 4.90 Å². The molecule has 3 heterocycles. The minimum atomic E-state index is -0.692. The van der Waals surface area contributed by atoms with Crippen molar-refractivity contribution in [2.45, 2.75) is 78.5 Å². The van der Waals surface area contributed by atoms with Crippen LogP contribution in [0.5, 0.6) is 0 Å². The molecule has 0 aliphatic carbocycles. The molecule has 1 aromatic heterocycles. The number of nitrogens with zero attached hydrogens (tertiary/aromatic N) is 5. The quantitative estimate of drug-likeness (QED) is 0.413. The number of carbonyl (C=O) groups excluding carboxylic acids is 3. The van der Waals surface area contributed by atoms with Gasteiger partial charge in [-0.25, -0.2) is 9.78 Å². The van der Waals surface area contributed by atoms with Gasteiger partial charge in [-0.3, -0.25) is 9.59 Å². The molecule has 4 rings (SSSR count). The topological polar surface area (TPSA) is 117 Å². The predicted octanol–water partition coefficient (Wildman–Crippen LogP) is 3.78. The number of likely N-dealkylation sites (tertiary alicyclic amines) is 1. The Labute approximate surface area is 255 Å². The second-order valence-electron chi connectivity index (χ2n) is 13.1. The van der Waals surface area contributed by atoms with Gasteiger partial charge in [-0.1, -0.05) is 26.0 Å². The number of ether oxygens (including phenoxy) is 2. The van der Waals surface area contributed by atoms with Crippen molar-refractivity contribution < 1.29 is 29.0 Å². The molecule has 2 fully saturated rings. The van der Waals surface area contributed by atoms with E-state index in [0.29, 0.717) is 58.1 Å². The van der Waals surface area contributed by atoms with Crippen LogP contribution in [0.15, 0.2) is 24.3 Å². The van der Waals surface area contributed by atoms with Crippen molar-refractivity contribution in [2.75, 3.05) is 52.5 Å². The van der Waals surface area contributed by atoms with Crippen LogP contribution in [0.2, 0.25) is 0 Å². The van der Waals surface area contributed by atoms with Crippen LogP contribution in [0.1, 0.15) is 70.9 Å². The number of aliphatic hydroxyl groups excluding tert-OH is 1. The third kappa shape index (κ3) is 8.47. The number of carbonyl (C=O) groups is 3. The van der Waals surface area contributed by atoms with Gasteiger partial charge in [-0.05, 0) is 64.5 Å². The summed E-state index contributed by atoms with van der Waals surface area (Å²) in [5, 5.41) is 9.26. The number of imidazole rings is 1. The Kier molecular flexibility index (Phi) is 11.1. The number of aromatic nitrogens is 2. The molecular weight excluding hydrogens is 550 g/mol. The summed E-state index contributed by atoms with van der Waals surface area (Å²) in [4.78, 5) is 51.6. The smallest absolute Gasteiger partial charge is 0.410 e. The van der Waals surface area contributed by atoms with Gasteiger partial charge in [0.05, 0.1) is 36.2 Å². The molecule has 11 heteroatoms. The number of hydrogen-bond donors (Lipinski definition) is 1. The Morgan fingerprint density at radius 3 is 2.47 bits per heavy atom. The van der Waals surface area contributed by atoms with Gasteiger partial charge in [0.2, 0.25) is 5.91 Å². The van der Waals surface area contributed by atoms with Crippen molar-refractivity contribution in [3.8, 4) is 0 Å². The average molecular weight is 600 g/mol. The molecule has 2 aliphatic rings. The zero-order chi connectivity index (χ0) is 31.1. The number of benzene rings is 1. The van der Waals surface area contributed by atoms with Gasteiger partial charge in [0, 0.05) is 45.9 Å². The Balaban J connectivity index is 1.68. The van der Waals surface area contributed by atoms with Crippen molar-refractivity contribution >= 4 is 28.9 Å². The molecular formula is C32H49N5O6. The molecule has 2 atom stereocenters. The van der Waals surface area contributed by atoms with E-state index < -0.39 is 23.7 Å². The van der Waals surface area contributed by atoms with Crippen LogP contribution in [0.4, 0.5) is 4.79 Å². The molecule has 3 amide bonds. The normalized spacial score (nSPS) is 19.6. The standard InChI is InChI=1S/C32H49N5O6/c1-23(2)20-37(30(40)28-33-26-11-7-8-12-27(26)36(28)13-9-6-10-16-38)25-19-24(29(39)34-14-17-42-18-15-34)21-35(22-25)31(41)43-32(3,4)5/h7-8,11-12,23-25,38H,6,9-10,13-22H2,1-5H3/t24-,25+/m1/s1. The zero-order valence-corrected chi connectivity index (χ0v) is 26.5. The fraction of sp³-hybridized carbons (Fsp3) is 0.688. The number of para-hydroxylation sites is 2. The highest BCUT2D eigenvalue weighted by Gasteiger charge is 2.41. The Bertz CT molecular complexity index is 1250. The highest BCUT2D eigenvalue weighted by atomic mass is 16.6. The third-order valence-electron chi connectivity index (χ3n) is 7.90. The monoisotopic (exact) mass is 599 g/mol. The lowest BCUT2D eigenvalue weighted by molar-refractivity contribution is -0.142. The van der Waals surface area contributed by atoms with E-state index in [2.05, 4.69) is 13.8 Å². The molecule has 43 heavy (non-hydrogen) atoms. The van der Waals surface area contributed by atoms with Crippen molar-refractivity contribution in [1.82, 2.24) is 24.3 Å². The summed E-state index contributed by atoms with van der Waals surface area (Å²) in [7, 11) is 0. The molecule has 11 nitrogen and oxygen atoms in total. The van der Waals surface area contributed by atoms with E-state index in [1.165, 1.54) is 0 Å². The molecule has 0 saturated carbocycles. The molecule has 0 bridgehead atoms. The number of fused-ring (bicyclic) bond motifs is 1. The number of amides is 3. The molecule has 1 aromatic carbocycles. The number of aliphatic hydroxyl groups is 1. The first-order valence-electron chi connectivity index (χ1n) is 15.7. The van der Waals surface area contributed by atoms with Gasteiger partial charge in [-0.15, -0.1) is 0 Å². The van der Waals surface area contributed by atoms with Gasteiger partial charge < -0.3 is 33.8 Å². The van der Waals surface area contributed by atoms with Gasteiger partial charge in [0.15, 0.2) is 5.82 Å². The van der Waals surface area contributed by atoms with E-state index in [4.69, 9.17) is 14.5 Å². The van der Waals surface area contributed by atoms with Gasteiger partial charge in [-0.2, -0.15) is 0 Å². The van der Waals surface area contributed by atoms with Crippen LogP contribution in [-0.2, 0) is 20.8 Å². The average Bonchev–Trinajstić information content (AvgIpc) is 3.35. The first-order chi connectivity index (χ1) is 20.5. The summed E-state index contributed by atoms with van der Waals surface area (Å²) < 4.78 is 13.2. The van der Waals surface area contributed by atoms with Crippen LogP contribution in [0.25, 0.3) is 11.0 Å². The number of morpholine rings is 1. The van der Waals surface area contributed by atoms with E-state index in [9.17, 15) is 19.5 Å². The lowest BCUT2D eigenvalue weighted by Gasteiger charge is -2.44. The summed E-state index contributed by atoms with van der Waals surface area (Å²) >= 11 is 0. The van der Waals surface area contributed by atoms with Crippen molar-refractivity contribution in [3.63, 3.8) is 0 Å². The SMILES string of the molecule is CC(C)CN(C(=O)c1nc2ccccc2n1CCCCCO)[C@H]1C[C@@H](C(=O)N2CCOCC2)CN(C(=O)OC(C)(C)C)C1. The predicted molar refractivity (Wildman–Crippen MR) is 164 cm³/mol. The summed E-state index contributed by atoms with van der Waals surface area (Å²) in [6.45, 7) is 13.3. The molecule has 0 radical (unpaired) electrons. The van der Waals surface area contributed by atoms with Crippen LogP contribution in [0, 0.1) is 11.8 Å². The second-order valence-corrected chi connectivity index (χ2v) is 13.1. The molecule has 2 aromatic rings. The summed E-state index contributed by atoms with van der Waals surface area (Å²) in [6.07, 6.45) is 2.31. The number of hydrogen-bond acceptors (Lipinski definition) is 7. The Morgan fingerprint density at radius 1 is 1.07 bits per heavy atom. The van der Waals surface area contributed by atoms with E-state index in [1.807, 2.05) is 59.4 Å². The van der Waals surface area contributed by atoms with Crippen LogP contribution in [-0.4, -0.2) is 111 Å². The largest absolute Gasteiger partial charge is 0.444 e. The Morgan fingerprint density at radius 2 is 1.79 bits per heavy atom. The fourth-order valence-corrected chi connectivity index (χ4v) is 5.94. The Hall–Kier alpha value is -3.18. The van der Waals surface area contributed by atoms with Crippen molar-refractivity contribution in [1.29, 1.82) is 0 Å². The first kappa shape index (κ1) is 32.7. The molecule has 0 unspecified atom stereocenters. The molecule has 238 valence electrons. The lowest BCUT2D eigenvalue weighted by Crippen LogP contribution is -2.58. The maximum atomic E-state index is 14.5. The van der Waals surface area contributed by atoms with Gasteiger partial charge >= 0.3 is 6.09 Å². The third-order valence-corrected chi connectivity index (χ3v) is 7.90. The second kappa shape index (κ2) is 14.5. The molecule has 1 N–H and O–H groups in total. The molecule has 0 spiro atoms. The highest BCUT2D eigenvalue weighted by molar-refractivity contribution is 5.95. The van der Waals surface area contributed by atoms with Gasteiger partial charge in [0.1, 0.15) is 5.60 Å². The zero-order valence-electron chi connectivity index (χ0n) is 26.5. The lowest BCUT2D eigenvalue weighted by atomic mass is 9.91. The van der Waals surface area contributed by atoms with Crippen molar-refractivity contribution in [3.05, 3.63) is 30.1 Å². The molecule has 2 saturated heterocycles. The summed E-state index contributed by atoms with van der Waals surface area (Å²) in [5.41, 5.74) is 0.942. The number of rotatable bonds is 10. The summed E-state index contributed by atoms with van der Waals surface area (Å²) in [5.74, 6) is -0.188. The minimum absolute atomic E-state index is 0.0189. The number of aryl methyl sites for hydroxylation is 1. The van der Waals surface area contributed by atoms with E-state index in [0.717, 1.165) is 23.9 Å². The van der Waals surface area contributed by atoms with Crippen LogP contribution in [0.3, 0.4) is 0 Å². The maximum absolute atomic E-state index is 14.5. The van der Waals surface area contributed by atoms with Gasteiger partial charge in [0.25, 0.3) is 5.91 Å². The molecule has 2 aliphatic heterocycles. The van der Waals surface area contributed by atoms with Crippen LogP contribution < -0.4 is 0 Å². The minimum Gasteiger partial charge on any atom is -0.444 e. The van der Waals surface area contributed by atoms with Crippen molar-refractivity contribution in [2.24, 2.45) is 11.8 Å². The number of unbranched alkanes of at least 4 members (excludes halogenated alkanes) is 2. The summed E-state index contributed by atoms with van der Waals surface area (Å²) in [6, 6.07) is 7.34. The first-order valence-corrected chi connectivity index (χ1v) is 15.7.